The molecular weight excluding hydrogens is 248 g/mol. The second kappa shape index (κ2) is 4.64. The number of sulfone groups is 1. The first-order valence-corrected chi connectivity index (χ1v) is 8.10. The van der Waals surface area contributed by atoms with Crippen molar-refractivity contribution in [2.24, 2.45) is 0 Å². The summed E-state index contributed by atoms with van der Waals surface area (Å²) in [5, 5.41) is 3.33. The molecular formula is C13H18N2O2S. The molecule has 0 spiro atoms. The van der Waals surface area contributed by atoms with Crippen molar-refractivity contribution < 1.29 is 8.42 Å². The van der Waals surface area contributed by atoms with Gasteiger partial charge in [-0.25, -0.2) is 8.42 Å². The van der Waals surface area contributed by atoms with E-state index in [0.717, 1.165) is 38.2 Å². The van der Waals surface area contributed by atoms with E-state index in [1.54, 1.807) is 6.07 Å². The van der Waals surface area contributed by atoms with Gasteiger partial charge < -0.3 is 5.32 Å². The number of hydrogen-bond donors (Lipinski definition) is 1. The summed E-state index contributed by atoms with van der Waals surface area (Å²) in [5.74, 6) is 0.276. The molecule has 0 radical (unpaired) electrons. The van der Waals surface area contributed by atoms with Crippen molar-refractivity contribution in [1.29, 1.82) is 0 Å². The molecule has 1 fully saturated rings. The standard InChI is InChI=1S/C13H18N2O2S/c16-18(17)10-5-12(15-8-6-14-7-9-15)11-3-1-2-4-13(11)18/h1-4,12,14H,5-10H2. The fraction of sp³-hybridized carbons (Fsp3) is 0.538. The second-order valence-corrected chi connectivity index (χ2v) is 7.02. The first kappa shape index (κ1) is 12.1. The summed E-state index contributed by atoms with van der Waals surface area (Å²) in [7, 11) is -3.06. The van der Waals surface area contributed by atoms with Crippen LogP contribution in [0.25, 0.3) is 0 Å². The molecule has 98 valence electrons. The van der Waals surface area contributed by atoms with Crippen LogP contribution >= 0.6 is 0 Å². The third-order valence-corrected chi connectivity index (χ3v) is 5.68. The van der Waals surface area contributed by atoms with Crippen LogP contribution in [0.4, 0.5) is 0 Å². The second-order valence-electron chi connectivity index (χ2n) is 4.95. The van der Waals surface area contributed by atoms with E-state index in [9.17, 15) is 8.42 Å². The number of nitrogens with zero attached hydrogens (tertiary/aromatic N) is 1. The molecule has 5 heteroatoms. The lowest BCUT2D eigenvalue weighted by Crippen LogP contribution is -2.46. The molecule has 2 aliphatic heterocycles. The van der Waals surface area contributed by atoms with Gasteiger partial charge in [0.05, 0.1) is 10.6 Å². The van der Waals surface area contributed by atoms with Gasteiger partial charge in [-0.3, -0.25) is 4.90 Å². The lowest BCUT2D eigenvalue weighted by Gasteiger charge is -2.38. The molecule has 3 rings (SSSR count). The van der Waals surface area contributed by atoms with Gasteiger partial charge in [-0.05, 0) is 18.1 Å². The van der Waals surface area contributed by atoms with Crippen LogP contribution in [0.2, 0.25) is 0 Å². The topological polar surface area (TPSA) is 49.4 Å². The van der Waals surface area contributed by atoms with Crippen molar-refractivity contribution in [3.8, 4) is 0 Å². The average Bonchev–Trinajstić information content (AvgIpc) is 2.40. The highest BCUT2D eigenvalue weighted by atomic mass is 32.2. The van der Waals surface area contributed by atoms with E-state index in [4.69, 9.17) is 0 Å². The molecule has 1 saturated heterocycles. The zero-order chi connectivity index (χ0) is 12.6. The highest BCUT2D eigenvalue weighted by Crippen LogP contribution is 2.35. The lowest BCUT2D eigenvalue weighted by molar-refractivity contribution is 0.166. The number of nitrogens with one attached hydrogen (secondary N) is 1. The van der Waals surface area contributed by atoms with Crippen molar-refractivity contribution in [1.82, 2.24) is 10.2 Å². The lowest BCUT2D eigenvalue weighted by atomic mass is 10.0. The van der Waals surface area contributed by atoms with Crippen LogP contribution in [0.5, 0.6) is 0 Å². The molecule has 0 bridgehead atoms. The highest BCUT2D eigenvalue weighted by molar-refractivity contribution is 7.91. The summed E-state index contributed by atoms with van der Waals surface area (Å²) in [6.45, 7) is 3.98. The van der Waals surface area contributed by atoms with Crippen molar-refractivity contribution in [2.75, 3.05) is 31.9 Å². The zero-order valence-corrected chi connectivity index (χ0v) is 11.1. The van der Waals surface area contributed by atoms with Gasteiger partial charge in [0.15, 0.2) is 9.84 Å². The molecule has 1 aromatic rings. The van der Waals surface area contributed by atoms with E-state index in [0.29, 0.717) is 4.90 Å². The van der Waals surface area contributed by atoms with Crippen LogP contribution in [-0.2, 0) is 9.84 Å². The third kappa shape index (κ3) is 2.06. The Kier molecular flexibility index (Phi) is 3.13. The summed E-state index contributed by atoms with van der Waals surface area (Å²) in [4.78, 5) is 2.95. The molecule has 0 saturated carbocycles. The predicted octanol–water partition coefficient (Wildman–Crippen LogP) is 0.810. The average molecular weight is 266 g/mol. The molecule has 1 unspecified atom stereocenters. The van der Waals surface area contributed by atoms with Gasteiger partial charge in [-0.2, -0.15) is 0 Å². The van der Waals surface area contributed by atoms with Gasteiger partial charge in [-0.15, -0.1) is 0 Å². The molecule has 18 heavy (non-hydrogen) atoms. The molecule has 2 heterocycles. The molecule has 0 aliphatic carbocycles. The summed E-state index contributed by atoms with van der Waals surface area (Å²) >= 11 is 0. The van der Waals surface area contributed by atoms with Gasteiger partial charge in [0, 0.05) is 32.2 Å². The van der Waals surface area contributed by atoms with Crippen molar-refractivity contribution >= 4 is 9.84 Å². The number of fused-ring (bicyclic) bond motifs is 1. The van der Waals surface area contributed by atoms with Crippen LogP contribution in [0.1, 0.15) is 18.0 Å². The highest BCUT2D eigenvalue weighted by Gasteiger charge is 2.33. The summed E-state index contributed by atoms with van der Waals surface area (Å²) in [5.41, 5.74) is 0.991. The Morgan fingerprint density at radius 1 is 1.17 bits per heavy atom. The van der Waals surface area contributed by atoms with Gasteiger partial charge in [0.25, 0.3) is 0 Å². The minimum absolute atomic E-state index is 0.270. The predicted molar refractivity (Wildman–Crippen MR) is 70.3 cm³/mol. The van der Waals surface area contributed by atoms with Gasteiger partial charge in [0.2, 0.25) is 0 Å². The van der Waals surface area contributed by atoms with Gasteiger partial charge in [-0.1, -0.05) is 18.2 Å². The van der Waals surface area contributed by atoms with E-state index < -0.39 is 9.84 Å². The normalized spacial score (nSPS) is 27.7. The largest absolute Gasteiger partial charge is 0.314 e. The Morgan fingerprint density at radius 2 is 1.89 bits per heavy atom. The Morgan fingerprint density at radius 3 is 2.67 bits per heavy atom. The van der Waals surface area contributed by atoms with Crippen LogP contribution in [0.3, 0.4) is 0 Å². The van der Waals surface area contributed by atoms with Crippen LogP contribution in [0, 0.1) is 0 Å². The summed E-state index contributed by atoms with van der Waals surface area (Å²) in [6.07, 6.45) is 0.722. The molecule has 1 N–H and O–H groups in total. The minimum atomic E-state index is -3.06. The summed E-state index contributed by atoms with van der Waals surface area (Å²) in [6, 6.07) is 7.75. The Balaban J connectivity index is 1.99. The minimum Gasteiger partial charge on any atom is -0.314 e. The third-order valence-electron chi connectivity index (χ3n) is 3.87. The molecule has 1 aromatic carbocycles. The Hall–Kier alpha value is -0.910. The maximum Gasteiger partial charge on any atom is 0.178 e. The maximum atomic E-state index is 12.1. The van der Waals surface area contributed by atoms with Crippen LogP contribution in [0.15, 0.2) is 29.2 Å². The molecule has 1 atom stereocenters. The van der Waals surface area contributed by atoms with Gasteiger partial charge in [0.1, 0.15) is 0 Å². The SMILES string of the molecule is O=S1(=O)CCC(N2CCNCC2)c2ccccc21. The Bertz CT molecular complexity index is 536. The van der Waals surface area contributed by atoms with Crippen LogP contribution in [-0.4, -0.2) is 45.2 Å². The van der Waals surface area contributed by atoms with Crippen molar-refractivity contribution in [2.45, 2.75) is 17.4 Å². The van der Waals surface area contributed by atoms with E-state index in [-0.39, 0.29) is 11.8 Å². The smallest absolute Gasteiger partial charge is 0.178 e. The number of piperazine rings is 1. The van der Waals surface area contributed by atoms with Crippen LogP contribution < -0.4 is 5.32 Å². The zero-order valence-electron chi connectivity index (χ0n) is 10.3. The van der Waals surface area contributed by atoms with Crippen molar-refractivity contribution in [3.05, 3.63) is 29.8 Å². The van der Waals surface area contributed by atoms with Gasteiger partial charge >= 0.3 is 0 Å². The molecule has 2 aliphatic rings. The van der Waals surface area contributed by atoms with Crippen molar-refractivity contribution in [3.63, 3.8) is 0 Å². The van der Waals surface area contributed by atoms with E-state index >= 15 is 0 Å². The Labute approximate surface area is 108 Å². The maximum absolute atomic E-state index is 12.1. The van der Waals surface area contributed by atoms with E-state index in [1.807, 2.05) is 18.2 Å². The van der Waals surface area contributed by atoms with E-state index in [2.05, 4.69) is 10.2 Å². The number of hydrogen-bond acceptors (Lipinski definition) is 4. The number of rotatable bonds is 1. The molecule has 4 nitrogen and oxygen atoms in total. The molecule has 0 aromatic heterocycles. The first-order valence-electron chi connectivity index (χ1n) is 6.45. The first-order chi connectivity index (χ1) is 8.68. The summed E-state index contributed by atoms with van der Waals surface area (Å²) < 4.78 is 24.1. The number of benzene rings is 1. The fourth-order valence-corrected chi connectivity index (χ4v) is 4.55. The quantitative estimate of drug-likeness (QED) is 0.817. The van der Waals surface area contributed by atoms with E-state index in [1.165, 1.54) is 0 Å². The molecule has 0 amide bonds. The fourth-order valence-electron chi connectivity index (χ4n) is 2.94. The monoisotopic (exact) mass is 266 g/mol.